The van der Waals surface area contributed by atoms with E-state index < -0.39 is 0 Å². The highest BCUT2D eigenvalue weighted by molar-refractivity contribution is 6.21. The summed E-state index contributed by atoms with van der Waals surface area (Å²) < 4.78 is 5.92. The van der Waals surface area contributed by atoms with E-state index in [1.807, 2.05) is 6.07 Å². The Balaban J connectivity index is 2.36. The lowest BCUT2D eigenvalue weighted by molar-refractivity contribution is 0.318. The van der Waals surface area contributed by atoms with E-state index >= 15 is 0 Å². The van der Waals surface area contributed by atoms with Crippen LogP contribution in [-0.4, -0.2) is 18.5 Å². The lowest BCUT2D eigenvalue weighted by atomic mass is 10.0. The molecular formula is C14H16ClNO. The van der Waals surface area contributed by atoms with Crippen molar-refractivity contribution in [2.75, 3.05) is 13.6 Å². The van der Waals surface area contributed by atoms with Gasteiger partial charge in [0.1, 0.15) is 16.8 Å². The first-order chi connectivity index (χ1) is 8.22. The van der Waals surface area contributed by atoms with E-state index in [0.29, 0.717) is 0 Å². The van der Waals surface area contributed by atoms with Crippen molar-refractivity contribution in [2.24, 2.45) is 0 Å². The molecule has 2 heterocycles. The van der Waals surface area contributed by atoms with Gasteiger partial charge in [0.25, 0.3) is 0 Å². The van der Waals surface area contributed by atoms with Gasteiger partial charge in [0, 0.05) is 23.9 Å². The zero-order chi connectivity index (χ0) is 12.0. The van der Waals surface area contributed by atoms with Crippen LogP contribution in [0.5, 0.6) is 0 Å². The molecule has 0 saturated heterocycles. The van der Waals surface area contributed by atoms with Gasteiger partial charge in [-0.25, -0.2) is 0 Å². The van der Waals surface area contributed by atoms with Crippen LogP contribution in [0.4, 0.5) is 0 Å². The SMILES string of the molecule is CCc1oc2cccc3c2c1C(Cl)N(C)CC3. The van der Waals surface area contributed by atoms with Gasteiger partial charge in [-0.2, -0.15) is 0 Å². The van der Waals surface area contributed by atoms with Crippen LogP contribution in [0.1, 0.15) is 29.3 Å². The van der Waals surface area contributed by atoms with E-state index in [1.165, 1.54) is 16.5 Å². The largest absolute Gasteiger partial charge is 0.461 e. The molecule has 1 aliphatic rings. The molecule has 1 aromatic heterocycles. The van der Waals surface area contributed by atoms with Crippen molar-refractivity contribution in [1.82, 2.24) is 4.90 Å². The summed E-state index contributed by atoms with van der Waals surface area (Å²) in [5, 5.41) is 1.24. The number of hydrogen-bond donors (Lipinski definition) is 0. The van der Waals surface area contributed by atoms with Gasteiger partial charge < -0.3 is 4.42 Å². The number of hydrogen-bond acceptors (Lipinski definition) is 2. The molecule has 1 atom stereocenters. The van der Waals surface area contributed by atoms with Crippen LogP contribution < -0.4 is 0 Å². The Morgan fingerprint density at radius 2 is 2.29 bits per heavy atom. The maximum absolute atomic E-state index is 6.56. The number of furan rings is 1. The second kappa shape index (κ2) is 4.04. The smallest absolute Gasteiger partial charge is 0.134 e. The molecule has 0 fully saturated rings. The summed E-state index contributed by atoms with van der Waals surface area (Å²) in [5.74, 6) is 1.03. The summed E-state index contributed by atoms with van der Waals surface area (Å²) in [6.07, 6.45) is 1.92. The standard InChI is InChI=1S/C14H16ClNO/c1-3-10-13-12-9(5-4-6-11(12)17-10)7-8-16(2)14(13)15/h4-6,14H,3,7-8H2,1-2H3. The maximum atomic E-state index is 6.56. The third-order valence-electron chi connectivity index (χ3n) is 3.60. The Morgan fingerprint density at radius 1 is 1.47 bits per heavy atom. The average molecular weight is 250 g/mol. The monoisotopic (exact) mass is 249 g/mol. The highest BCUT2D eigenvalue weighted by atomic mass is 35.5. The number of likely N-dealkylation sites (N-methyl/N-ethyl adjacent to an activating group) is 1. The average Bonchev–Trinajstić information content (AvgIpc) is 2.67. The van der Waals surface area contributed by atoms with E-state index in [9.17, 15) is 0 Å². The number of benzene rings is 1. The topological polar surface area (TPSA) is 16.4 Å². The van der Waals surface area contributed by atoms with Crippen molar-refractivity contribution < 1.29 is 4.42 Å². The predicted octanol–water partition coefficient (Wildman–Crippen LogP) is 3.72. The lowest BCUT2D eigenvalue weighted by Crippen LogP contribution is -2.21. The highest BCUT2D eigenvalue weighted by Crippen LogP contribution is 2.40. The Kier molecular flexibility index (Phi) is 2.64. The Labute approximate surface area is 106 Å². The molecule has 0 bridgehead atoms. The second-order valence-electron chi connectivity index (χ2n) is 4.65. The minimum absolute atomic E-state index is 0.0742. The normalized spacial score (nSPS) is 20.8. The summed E-state index contributed by atoms with van der Waals surface area (Å²) in [6.45, 7) is 3.10. The fraction of sp³-hybridized carbons (Fsp3) is 0.429. The molecule has 3 heteroatoms. The second-order valence-corrected chi connectivity index (χ2v) is 5.06. The van der Waals surface area contributed by atoms with Gasteiger partial charge in [0.05, 0.1) is 0 Å². The van der Waals surface area contributed by atoms with Gasteiger partial charge in [-0.05, 0) is 25.1 Å². The molecule has 0 N–H and O–H groups in total. The molecule has 1 aliphatic heterocycles. The number of nitrogens with zero attached hydrogens (tertiary/aromatic N) is 1. The molecule has 2 aromatic rings. The van der Waals surface area contributed by atoms with E-state index in [4.69, 9.17) is 16.0 Å². The zero-order valence-corrected chi connectivity index (χ0v) is 10.9. The minimum atomic E-state index is -0.0742. The van der Waals surface area contributed by atoms with E-state index in [0.717, 1.165) is 30.7 Å². The number of aryl methyl sites for hydroxylation is 1. The molecule has 17 heavy (non-hydrogen) atoms. The number of halogens is 1. The molecule has 0 saturated carbocycles. The molecule has 90 valence electrons. The van der Waals surface area contributed by atoms with Gasteiger partial charge in [0.15, 0.2) is 0 Å². The first kappa shape index (κ1) is 11.1. The Hall–Kier alpha value is -0.990. The van der Waals surface area contributed by atoms with E-state index in [-0.39, 0.29) is 5.50 Å². The van der Waals surface area contributed by atoms with Crippen molar-refractivity contribution in [1.29, 1.82) is 0 Å². The van der Waals surface area contributed by atoms with Gasteiger partial charge in [-0.3, -0.25) is 4.90 Å². The number of rotatable bonds is 1. The molecule has 0 aliphatic carbocycles. The lowest BCUT2D eigenvalue weighted by Gasteiger charge is -2.20. The van der Waals surface area contributed by atoms with Crippen LogP contribution >= 0.6 is 11.6 Å². The quantitative estimate of drug-likeness (QED) is 0.566. The summed E-state index contributed by atoms with van der Waals surface area (Å²) in [7, 11) is 2.07. The molecule has 1 unspecified atom stereocenters. The third-order valence-corrected chi connectivity index (χ3v) is 4.15. The minimum Gasteiger partial charge on any atom is -0.461 e. The van der Waals surface area contributed by atoms with Crippen molar-refractivity contribution in [3.63, 3.8) is 0 Å². The maximum Gasteiger partial charge on any atom is 0.134 e. The molecule has 0 amide bonds. The van der Waals surface area contributed by atoms with Gasteiger partial charge >= 0.3 is 0 Å². The third kappa shape index (κ3) is 1.59. The first-order valence-corrected chi connectivity index (χ1v) is 6.53. The van der Waals surface area contributed by atoms with Crippen LogP contribution in [0, 0.1) is 0 Å². The predicted molar refractivity (Wildman–Crippen MR) is 70.5 cm³/mol. The van der Waals surface area contributed by atoms with Gasteiger partial charge in [-0.1, -0.05) is 19.1 Å². The van der Waals surface area contributed by atoms with Crippen molar-refractivity contribution >= 4 is 22.6 Å². The van der Waals surface area contributed by atoms with Crippen LogP contribution in [0.2, 0.25) is 0 Å². The van der Waals surface area contributed by atoms with Crippen molar-refractivity contribution in [2.45, 2.75) is 25.3 Å². The van der Waals surface area contributed by atoms with Crippen molar-refractivity contribution in [3.05, 3.63) is 35.1 Å². The number of alkyl halides is 1. The Bertz CT molecular complexity index is 561. The highest BCUT2D eigenvalue weighted by Gasteiger charge is 2.27. The van der Waals surface area contributed by atoms with E-state index in [1.54, 1.807) is 0 Å². The van der Waals surface area contributed by atoms with Gasteiger partial charge in [0.2, 0.25) is 0 Å². The Morgan fingerprint density at radius 3 is 3.06 bits per heavy atom. The molecule has 0 spiro atoms. The van der Waals surface area contributed by atoms with Gasteiger partial charge in [-0.15, -0.1) is 11.6 Å². The van der Waals surface area contributed by atoms with Crippen LogP contribution in [-0.2, 0) is 12.8 Å². The fourth-order valence-electron chi connectivity index (χ4n) is 2.65. The zero-order valence-electron chi connectivity index (χ0n) is 10.2. The first-order valence-electron chi connectivity index (χ1n) is 6.10. The summed E-state index contributed by atoms with van der Waals surface area (Å²) in [5.41, 5.74) is 3.45. The molecule has 0 radical (unpaired) electrons. The molecular weight excluding hydrogens is 234 g/mol. The van der Waals surface area contributed by atoms with E-state index in [2.05, 4.69) is 31.0 Å². The van der Waals surface area contributed by atoms with Crippen LogP contribution in [0.3, 0.4) is 0 Å². The summed E-state index contributed by atoms with van der Waals surface area (Å²) in [4.78, 5) is 2.19. The molecule has 3 rings (SSSR count). The fourth-order valence-corrected chi connectivity index (χ4v) is 2.98. The molecule has 2 nitrogen and oxygen atoms in total. The molecule has 1 aromatic carbocycles. The van der Waals surface area contributed by atoms with Crippen molar-refractivity contribution in [3.8, 4) is 0 Å². The summed E-state index contributed by atoms with van der Waals surface area (Å²) >= 11 is 6.56. The van der Waals surface area contributed by atoms with Crippen LogP contribution in [0.15, 0.2) is 22.6 Å². The summed E-state index contributed by atoms with van der Waals surface area (Å²) in [6, 6.07) is 6.29. The van der Waals surface area contributed by atoms with Crippen LogP contribution in [0.25, 0.3) is 11.0 Å².